The van der Waals surface area contributed by atoms with Gasteiger partial charge in [-0.25, -0.2) is 0 Å². The molecule has 0 fully saturated rings. The topological polar surface area (TPSA) is 46.2 Å². The first-order chi connectivity index (χ1) is 3.72. The summed E-state index contributed by atoms with van der Waals surface area (Å²) in [5, 5.41) is 11.2. The fourth-order valence-electron chi connectivity index (χ4n) is 0.422. The number of nitrogen functional groups attached to an aromatic ring is 1. The molecule has 0 unspecified atom stereocenters. The first-order valence-corrected chi connectivity index (χ1v) is 3.12. The van der Waals surface area contributed by atoms with Crippen LogP contribution in [0.2, 0.25) is 0 Å². The van der Waals surface area contributed by atoms with Crippen molar-refractivity contribution in [2.75, 3.05) is 5.73 Å². The summed E-state index contributed by atoms with van der Waals surface area (Å²) in [6.07, 6.45) is 0. The molecular formula is C5H7NOS. The number of anilines is 1. The Morgan fingerprint density at radius 1 is 1.75 bits per heavy atom. The van der Waals surface area contributed by atoms with Gasteiger partial charge in [0.1, 0.15) is 5.75 Å². The molecule has 3 heteroatoms. The molecule has 1 aromatic rings. The van der Waals surface area contributed by atoms with E-state index in [1.54, 1.807) is 12.3 Å². The third-order valence-electron chi connectivity index (χ3n) is 1.05. The highest BCUT2D eigenvalue weighted by Gasteiger charge is 1.99. The largest absolute Gasteiger partial charge is 0.507 e. The van der Waals surface area contributed by atoms with Gasteiger partial charge in [-0.1, -0.05) is 0 Å². The van der Waals surface area contributed by atoms with Gasteiger partial charge in [-0.15, -0.1) is 11.3 Å². The van der Waals surface area contributed by atoms with E-state index < -0.39 is 0 Å². The lowest BCUT2D eigenvalue weighted by atomic mass is 10.3. The Bertz CT molecular complexity index is 175. The number of aromatic hydroxyl groups is 1. The van der Waals surface area contributed by atoms with Gasteiger partial charge in [0.2, 0.25) is 0 Å². The first kappa shape index (κ1) is 5.44. The summed E-state index contributed by atoms with van der Waals surface area (Å²) >= 11 is 1.36. The van der Waals surface area contributed by atoms with Gasteiger partial charge in [-0.2, -0.15) is 0 Å². The van der Waals surface area contributed by atoms with Crippen LogP contribution < -0.4 is 5.73 Å². The van der Waals surface area contributed by atoms with Gasteiger partial charge in [0.05, 0.1) is 5.00 Å². The molecule has 0 radical (unpaired) electrons. The van der Waals surface area contributed by atoms with Crippen LogP contribution in [0.5, 0.6) is 5.75 Å². The molecule has 1 rings (SSSR count). The van der Waals surface area contributed by atoms with Gasteiger partial charge in [0, 0.05) is 10.9 Å². The number of rotatable bonds is 0. The molecule has 0 bridgehead atoms. The van der Waals surface area contributed by atoms with Crippen LogP contribution in [0.25, 0.3) is 0 Å². The van der Waals surface area contributed by atoms with Crippen LogP contribution in [-0.4, -0.2) is 5.11 Å². The zero-order chi connectivity index (χ0) is 6.15. The second-order valence-corrected chi connectivity index (χ2v) is 2.52. The summed E-state index contributed by atoms with van der Waals surface area (Å²) in [6, 6.07) is 0. The number of nitrogens with two attached hydrogens (primary N) is 1. The Kier molecular flexibility index (Phi) is 1.13. The molecular weight excluding hydrogens is 122 g/mol. The van der Waals surface area contributed by atoms with E-state index in [9.17, 15) is 0 Å². The van der Waals surface area contributed by atoms with Crippen LogP contribution in [0.4, 0.5) is 5.00 Å². The SMILES string of the molecule is Cc1c(O)csc1N. The van der Waals surface area contributed by atoms with Crippen LogP contribution >= 0.6 is 11.3 Å². The Balaban J connectivity index is 3.19. The summed E-state index contributed by atoms with van der Waals surface area (Å²) < 4.78 is 0. The molecule has 0 aliphatic heterocycles. The summed E-state index contributed by atoms with van der Waals surface area (Å²) in [5.41, 5.74) is 6.19. The third kappa shape index (κ3) is 0.648. The Morgan fingerprint density at radius 2 is 2.38 bits per heavy atom. The molecule has 0 aromatic carbocycles. The van der Waals surface area contributed by atoms with Gasteiger partial charge in [-0.3, -0.25) is 0 Å². The lowest BCUT2D eigenvalue weighted by Crippen LogP contribution is -1.79. The monoisotopic (exact) mass is 129 g/mol. The van der Waals surface area contributed by atoms with E-state index in [2.05, 4.69) is 0 Å². The summed E-state index contributed by atoms with van der Waals surface area (Å²) in [5.74, 6) is 0.299. The average molecular weight is 129 g/mol. The minimum Gasteiger partial charge on any atom is -0.507 e. The van der Waals surface area contributed by atoms with Gasteiger partial charge >= 0.3 is 0 Å². The van der Waals surface area contributed by atoms with Crippen LogP contribution in [0, 0.1) is 6.92 Å². The Morgan fingerprint density at radius 3 is 2.50 bits per heavy atom. The van der Waals surface area contributed by atoms with Gasteiger partial charge in [-0.05, 0) is 6.92 Å². The van der Waals surface area contributed by atoms with Gasteiger partial charge in [0.15, 0.2) is 0 Å². The van der Waals surface area contributed by atoms with E-state index >= 15 is 0 Å². The van der Waals surface area contributed by atoms with E-state index in [4.69, 9.17) is 10.8 Å². The average Bonchev–Trinajstić information content (AvgIpc) is 1.98. The second kappa shape index (κ2) is 1.67. The maximum absolute atomic E-state index is 8.87. The fraction of sp³-hybridized carbons (Fsp3) is 0.200. The molecule has 3 N–H and O–H groups in total. The smallest absolute Gasteiger partial charge is 0.131 e. The summed E-state index contributed by atoms with van der Waals surface area (Å²) in [7, 11) is 0. The van der Waals surface area contributed by atoms with Crippen molar-refractivity contribution in [3.63, 3.8) is 0 Å². The van der Waals surface area contributed by atoms with Gasteiger partial charge < -0.3 is 10.8 Å². The van der Waals surface area contributed by atoms with Crippen molar-refractivity contribution in [1.82, 2.24) is 0 Å². The maximum atomic E-state index is 8.87. The molecule has 0 saturated heterocycles. The lowest BCUT2D eigenvalue weighted by Gasteiger charge is -1.85. The highest BCUT2D eigenvalue weighted by atomic mass is 32.1. The highest BCUT2D eigenvalue weighted by Crippen LogP contribution is 2.28. The first-order valence-electron chi connectivity index (χ1n) is 2.24. The molecule has 0 spiro atoms. The van der Waals surface area contributed by atoms with Crippen molar-refractivity contribution in [2.45, 2.75) is 6.92 Å². The predicted octanol–water partition coefficient (Wildman–Crippen LogP) is 1.34. The lowest BCUT2D eigenvalue weighted by molar-refractivity contribution is 0.474. The van der Waals surface area contributed by atoms with Crippen LogP contribution in [-0.2, 0) is 0 Å². The minimum absolute atomic E-state index is 0.299. The normalized spacial score (nSPS) is 9.62. The van der Waals surface area contributed by atoms with Crippen molar-refractivity contribution >= 4 is 16.3 Å². The van der Waals surface area contributed by atoms with Crippen molar-refractivity contribution < 1.29 is 5.11 Å². The zero-order valence-corrected chi connectivity index (χ0v) is 5.33. The van der Waals surface area contributed by atoms with Crippen molar-refractivity contribution in [1.29, 1.82) is 0 Å². The molecule has 1 heterocycles. The van der Waals surface area contributed by atoms with E-state index in [1.807, 2.05) is 0 Å². The van der Waals surface area contributed by atoms with Crippen LogP contribution in [0.15, 0.2) is 5.38 Å². The minimum atomic E-state index is 0.299. The number of hydrogen-bond acceptors (Lipinski definition) is 3. The van der Waals surface area contributed by atoms with Crippen LogP contribution in [0.3, 0.4) is 0 Å². The van der Waals surface area contributed by atoms with E-state index in [0.717, 1.165) is 5.56 Å². The summed E-state index contributed by atoms with van der Waals surface area (Å²) in [6.45, 7) is 1.79. The molecule has 0 saturated carbocycles. The molecule has 2 nitrogen and oxygen atoms in total. The quantitative estimate of drug-likeness (QED) is 0.555. The highest BCUT2D eigenvalue weighted by molar-refractivity contribution is 7.14. The molecule has 1 aromatic heterocycles. The number of thiophene rings is 1. The Labute approximate surface area is 51.6 Å². The molecule has 0 aliphatic carbocycles. The molecule has 0 atom stereocenters. The molecule has 44 valence electrons. The molecule has 0 amide bonds. The van der Waals surface area contributed by atoms with E-state index in [0.29, 0.717) is 10.8 Å². The predicted molar refractivity (Wildman–Crippen MR) is 35.1 cm³/mol. The molecule has 0 aliphatic rings. The van der Waals surface area contributed by atoms with Crippen molar-refractivity contribution in [3.8, 4) is 5.75 Å². The van der Waals surface area contributed by atoms with Gasteiger partial charge in [0.25, 0.3) is 0 Å². The van der Waals surface area contributed by atoms with Crippen molar-refractivity contribution in [2.24, 2.45) is 0 Å². The maximum Gasteiger partial charge on any atom is 0.131 e. The Hall–Kier alpha value is -0.700. The molecule has 8 heavy (non-hydrogen) atoms. The van der Waals surface area contributed by atoms with E-state index in [1.165, 1.54) is 11.3 Å². The second-order valence-electron chi connectivity index (χ2n) is 1.61. The summed E-state index contributed by atoms with van der Waals surface area (Å²) in [4.78, 5) is 0. The zero-order valence-electron chi connectivity index (χ0n) is 4.51. The van der Waals surface area contributed by atoms with Crippen LogP contribution in [0.1, 0.15) is 5.56 Å². The number of hydrogen-bond donors (Lipinski definition) is 2. The van der Waals surface area contributed by atoms with Crippen molar-refractivity contribution in [3.05, 3.63) is 10.9 Å². The standard InChI is InChI=1S/C5H7NOS/c1-3-4(7)2-8-5(3)6/h2,7H,6H2,1H3. The fourth-order valence-corrected chi connectivity index (χ4v) is 1.12. The third-order valence-corrected chi connectivity index (χ3v) is 1.95. The van der Waals surface area contributed by atoms with E-state index in [-0.39, 0.29) is 0 Å².